The summed E-state index contributed by atoms with van der Waals surface area (Å²) in [6, 6.07) is 19.3. The molecule has 0 aliphatic carbocycles. The maximum absolute atomic E-state index is 5.14. The molecule has 0 amide bonds. The molecule has 0 fully saturated rings. The van der Waals surface area contributed by atoms with Gasteiger partial charge in [-0.2, -0.15) is 0 Å². The normalized spacial score (nSPS) is 9.33. The lowest BCUT2D eigenvalue weighted by atomic mass is 10.3. The molecule has 0 aliphatic rings. The Hall–Kier alpha value is -2.38. The van der Waals surface area contributed by atoms with Gasteiger partial charge in [-0.15, -0.1) is 0 Å². The van der Waals surface area contributed by atoms with Crippen molar-refractivity contribution in [3.05, 3.63) is 60.7 Å². The molecule has 2 rings (SSSR count). The number of hydrogen-bond acceptors (Lipinski definition) is 3. The van der Waals surface area contributed by atoms with Crippen LogP contribution in [0.3, 0.4) is 0 Å². The molecule has 2 aromatic carbocycles. The maximum Gasteiger partial charge on any atom is 0.204 e. The molecule has 2 aromatic rings. The topological polar surface area (TPSA) is 60.1 Å². The zero-order chi connectivity index (χ0) is 14.9. The van der Waals surface area contributed by atoms with Crippen molar-refractivity contribution in [1.82, 2.24) is 16.3 Å². The van der Waals surface area contributed by atoms with E-state index in [1.807, 2.05) is 60.7 Å². The van der Waals surface area contributed by atoms with Gasteiger partial charge in [0.15, 0.2) is 5.11 Å². The monoisotopic (exact) mass is 317 g/mol. The minimum Gasteiger partial charge on any atom is -0.331 e. The Morgan fingerprint density at radius 3 is 1.76 bits per heavy atom. The second kappa shape index (κ2) is 8.03. The summed E-state index contributed by atoms with van der Waals surface area (Å²) in [4.78, 5) is 0. The van der Waals surface area contributed by atoms with Gasteiger partial charge in [-0.05, 0) is 48.7 Å². The van der Waals surface area contributed by atoms with Crippen LogP contribution >= 0.6 is 24.4 Å². The average molecular weight is 317 g/mol. The van der Waals surface area contributed by atoms with E-state index in [9.17, 15) is 0 Å². The Morgan fingerprint density at radius 1 is 0.619 bits per heavy atom. The minimum atomic E-state index is 0.371. The van der Waals surface area contributed by atoms with Crippen LogP contribution < -0.4 is 27.0 Å². The Balaban J connectivity index is 1.68. The highest BCUT2D eigenvalue weighted by Gasteiger charge is 1.98. The third-order valence-electron chi connectivity index (χ3n) is 2.42. The molecule has 0 unspecified atom stereocenters. The lowest BCUT2D eigenvalue weighted by Crippen LogP contribution is -2.49. The maximum atomic E-state index is 5.14. The molecular formula is C14H15N5S2. The van der Waals surface area contributed by atoms with Gasteiger partial charge >= 0.3 is 0 Å². The molecule has 0 saturated heterocycles. The van der Waals surface area contributed by atoms with E-state index in [2.05, 4.69) is 27.0 Å². The first-order valence-electron chi connectivity index (χ1n) is 6.23. The van der Waals surface area contributed by atoms with Gasteiger partial charge < -0.3 is 5.32 Å². The average Bonchev–Trinajstić information content (AvgIpc) is 2.53. The second-order valence-corrected chi connectivity index (χ2v) is 4.83. The number of thiocarbonyl (C=S) groups is 2. The summed E-state index contributed by atoms with van der Waals surface area (Å²) in [6.07, 6.45) is 0. The van der Waals surface area contributed by atoms with Crippen molar-refractivity contribution in [2.75, 3.05) is 10.7 Å². The minimum absolute atomic E-state index is 0.371. The van der Waals surface area contributed by atoms with Crippen LogP contribution in [0.5, 0.6) is 0 Å². The Kier molecular flexibility index (Phi) is 5.74. The lowest BCUT2D eigenvalue weighted by molar-refractivity contribution is 0.850. The molecule has 5 nitrogen and oxygen atoms in total. The molecule has 0 radical (unpaired) electrons. The van der Waals surface area contributed by atoms with Gasteiger partial charge in [-0.3, -0.25) is 21.7 Å². The fourth-order valence-corrected chi connectivity index (χ4v) is 1.75. The van der Waals surface area contributed by atoms with Crippen molar-refractivity contribution in [2.45, 2.75) is 0 Å². The van der Waals surface area contributed by atoms with Gasteiger partial charge in [-0.25, -0.2) is 0 Å². The van der Waals surface area contributed by atoms with Gasteiger partial charge in [0.05, 0.1) is 5.69 Å². The fraction of sp³-hybridized carbons (Fsp3) is 0. The number of hydrogen-bond donors (Lipinski definition) is 5. The molecule has 7 heteroatoms. The third-order valence-corrected chi connectivity index (χ3v) is 2.82. The zero-order valence-electron chi connectivity index (χ0n) is 11.1. The third kappa shape index (κ3) is 5.64. The van der Waals surface area contributed by atoms with Crippen LogP contribution in [0.1, 0.15) is 0 Å². The molecule has 0 bridgehead atoms. The molecule has 0 heterocycles. The van der Waals surface area contributed by atoms with Crippen molar-refractivity contribution in [3.63, 3.8) is 0 Å². The molecule has 0 aromatic heterocycles. The molecule has 0 spiro atoms. The number of benzene rings is 2. The van der Waals surface area contributed by atoms with E-state index in [1.165, 1.54) is 0 Å². The van der Waals surface area contributed by atoms with E-state index < -0.39 is 0 Å². The van der Waals surface area contributed by atoms with Crippen molar-refractivity contribution in [3.8, 4) is 0 Å². The SMILES string of the molecule is S=C(NNC(=S)Nc1ccccc1)NNc1ccccc1. The van der Waals surface area contributed by atoms with Crippen LogP contribution in [0, 0.1) is 0 Å². The highest BCUT2D eigenvalue weighted by Crippen LogP contribution is 2.04. The predicted molar refractivity (Wildman–Crippen MR) is 94.7 cm³/mol. The number of hydrazine groups is 2. The largest absolute Gasteiger partial charge is 0.331 e. The van der Waals surface area contributed by atoms with Gasteiger partial charge in [0.1, 0.15) is 0 Å². The summed E-state index contributed by atoms with van der Waals surface area (Å²) in [5.41, 5.74) is 13.2. The van der Waals surface area contributed by atoms with Crippen LogP contribution in [0.15, 0.2) is 60.7 Å². The van der Waals surface area contributed by atoms with Crippen LogP contribution in [0.2, 0.25) is 0 Å². The van der Waals surface area contributed by atoms with Crippen molar-refractivity contribution >= 4 is 46.0 Å². The number of para-hydroxylation sites is 2. The number of nitrogens with one attached hydrogen (secondary N) is 5. The molecule has 0 saturated carbocycles. The van der Waals surface area contributed by atoms with Crippen molar-refractivity contribution in [1.29, 1.82) is 0 Å². The smallest absolute Gasteiger partial charge is 0.204 e. The number of rotatable bonds is 3. The first-order chi connectivity index (χ1) is 10.2. The van der Waals surface area contributed by atoms with Crippen LogP contribution in [-0.2, 0) is 0 Å². The van der Waals surface area contributed by atoms with Crippen molar-refractivity contribution < 1.29 is 0 Å². The molecule has 5 N–H and O–H groups in total. The van der Waals surface area contributed by atoms with E-state index in [-0.39, 0.29) is 0 Å². The highest BCUT2D eigenvalue weighted by atomic mass is 32.1. The second-order valence-electron chi connectivity index (χ2n) is 4.02. The zero-order valence-corrected chi connectivity index (χ0v) is 12.7. The van der Waals surface area contributed by atoms with E-state index in [4.69, 9.17) is 24.4 Å². The first-order valence-corrected chi connectivity index (χ1v) is 7.05. The van der Waals surface area contributed by atoms with E-state index in [0.29, 0.717) is 10.2 Å². The number of anilines is 2. The van der Waals surface area contributed by atoms with Crippen molar-refractivity contribution in [2.24, 2.45) is 0 Å². The van der Waals surface area contributed by atoms with E-state index in [1.54, 1.807) is 0 Å². The summed E-state index contributed by atoms with van der Waals surface area (Å²) >= 11 is 10.2. The van der Waals surface area contributed by atoms with E-state index >= 15 is 0 Å². The molecular weight excluding hydrogens is 302 g/mol. The Labute approximate surface area is 134 Å². The van der Waals surface area contributed by atoms with E-state index in [0.717, 1.165) is 11.4 Å². The summed E-state index contributed by atoms with van der Waals surface area (Å²) in [6.45, 7) is 0. The quantitative estimate of drug-likeness (QED) is 0.440. The van der Waals surface area contributed by atoms with Gasteiger partial charge in [0, 0.05) is 5.69 Å². The molecule has 21 heavy (non-hydrogen) atoms. The van der Waals surface area contributed by atoms with Crippen LogP contribution in [0.4, 0.5) is 11.4 Å². The van der Waals surface area contributed by atoms with Crippen LogP contribution in [-0.4, -0.2) is 10.2 Å². The standard InChI is InChI=1S/C14H15N5S2/c20-13(15-11-7-3-1-4-8-11)17-19-14(21)18-16-12-9-5-2-6-10-12/h1-10,16H,(H2,15,17,20)(H2,18,19,21). The summed E-state index contributed by atoms with van der Waals surface area (Å²) in [5, 5.41) is 3.81. The van der Waals surface area contributed by atoms with Gasteiger partial charge in [0.25, 0.3) is 0 Å². The van der Waals surface area contributed by atoms with Gasteiger partial charge in [-0.1, -0.05) is 36.4 Å². The summed E-state index contributed by atoms with van der Waals surface area (Å²) in [7, 11) is 0. The molecule has 0 aliphatic heterocycles. The summed E-state index contributed by atoms with van der Waals surface area (Å²) < 4.78 is 0. The van der Waals surface area contributed by atoms with Gasteiger partial charge in [0.2, 0.25) is 5.11 Å². The summed E-state index contributed by atoms with van der Waals surface area (Å²) in [5.74, 6) is 0. The first kappa shape index (κ1) is 15.0. The Morgan fingerprint density at radius 2 is 1.14 bits per heavy atom. The predicted octanol–water partition coefficient (Wildman–Crippen LogP) is 2.38. The lowest BCUT2D eigenvalue weighted by Gasteiger charge is -2.15. The highest BCUT2D eigenvalue weighted by molar-refractivity contribution is 7.80. The molecule has 0 atom stereocenters. The fourth-order valence-electron chi connectivity index (χ4n) is 1.48. The molecule has 108 valence electrons. The van der Waals surface area contributed by atoms with Crippen LogP contribution in [0.25, 0.3) is 0 Å². The Bertz CT molecular complexity index is 589.